The molecule has 0 unspecified atom stereocenters. The van der Waals surface area contributed by atoms with E-state index in [4.69, 9.17) is 9.57 Å². The lowest BCUT2D eigenvalue weighted by Gasteiger charge is -2.14. The Morgan fingerprint density at radius 3 is 2.68 bits per heavy atom. The van der Waals surface area contributed by atoms with Crippen molar-refractivity contribution < 1.29 is 14.4 Å². The highest BCUT2D eigenvalue weighted by Gasteiger charge is 2.22. The topological polar surface area (TPSA) is 94.5 Å². The van der Waals surface area contributed by atoms with E-state index in [0.29, 0.717) is 41.6 Å². The second kappa shape index (κ2) is 8.77. The number of rotatable bonds is 8. The van der Waals surface area contributed by atoms with Gasteiger partial charge in [0.2, 0.25) is 0 Å². The minimum atomic E-state index is -0.406. The Morgan fingerprint density at radius 1 is 1.19 bits per heavy atom. The van der Waals surface area contributed by atoms with Crippen molar-refractivity contribution in [3.8, 4) is 16.9 Å². The van der Waals surface area contributed by atoms with Gasteiger partial charge in [0, 0.05) is 41.4 Å². The van der Waals surface area contributed by atoms with E-state index in [1.54, 1.807) is 35.9 Å². The molecule has 0 spiro atoms. The van der Waals surface area contributed by atoms with E-state index in [1.165, 1.54) is 7.11 Å². The van der Waals surface area contributed by atoms with Gasteiger partial charge in [0.15, 0.2) is 0 Å². The number of aryl methyl sites for hydroxylation is 1. The van der Waals surface area contributed by atoms with Crippen LogP contribution in [0.25, 0.3) is 22.0 Å². The molecular formula is C23H26N4O4. The summed E-state index contributed by atoms with van der Waals surface area (Å²) in [7, 11) is 1.52. The number of hydrogen-bond donors (Lipinski definition) is 2. The molecule has 1 aliphatic carbocycles. The molecule has 1 aliphatic rings. The summed E-state index contributed by atoms with van der Waals surface area (Å²) in [5.41, 5.74) is 4.48. The quantitative estimate of drug-likeness (QED) is 0.541. The summed E-state index contributed by atoms with van der Waals surface area (Å²) in [4.78, 5) is 35.3. The molecule has 0 saturated heterocycles. The van der Waals surface area contributed by atoms with Gasteiger partial charge in [0.05, 0.1) is 19.2 Å². The van der Waals surface area contributed by atoms with Gasteiger partial charge in [0.25, 0.3) is 11.5 Å². The average molecular weight is 422 g/mol. The molecule has 0 radical (unpaired) electrons. The molecule has 1 aromatic carbocycles. The Bertz CT molecular complexity index is 1180. The van der Waals surface area contributed by atoms with Crippen molar-refractivity contribution >= 4 is 22.6 Å². The van der Waals surface area contributed by atoms with Crippen LogP contribution in [0.15, 0.2) is 41.3 Å². The van der Waals surface area contributed by atoms with Crippen LogP contribution in [0.1, 0.15) is 37.0 Å². The maximum Gasteiger partial charge on any atom is 0.274 e. The summed E-state index contributed by atoms with van der Waals surface area (Å²) in [6.45, 7) is 4.57. The Hall–Kier alpha value is -3.39. The van der Waals surface area contributed by atoms with Crippen molar-refractivity contribution in [2.24, 2.45) is 0 Å². The summed E-state index contributed by atoms with van der Waals surface area (Å²) in [5, 5.41) is 4.23. The van der Waals surface area contributed by atoms with Crippen LogP contribution in [-0.2, 0) is 11.4 Å². The molecule has 162 valence electrons. The summed E-state index contributed by atoms with van der Waals surface area (Å²) < 4.78 is 7.09. The molecule has 0 aliphatic heterocycles. The maximum atomic E-state index is 13.4. The highest BCUT2D eigenvalue weighted by molar-refractivity contribution is 5.96. The van der Waals surface area contributed by atoms with Gasteiger partial charge in [0.1, 0.15) is 11.6 Å². The van der Waals surface area contributed by atoms with Gasteiger partial charge < -0.3 is 14.6 Å². The van der Waals surface area contributed by atoms with Crippen molar-refractivity contribution in [2.75, 3.05) is 19.0 Å². The highest BCUT2D eigenvalue weighted by Crippen LogP contribution is 2.28. The minimum absolute atomic E-state index is 0.136. The smallest absolute Gasteiger partial charge is 0.274 e. The first-order chi connectivity index (χ1) is 15.0. The first-order valence-electron chi connectivity index (χ1n) is 10.5. The summed E-state index contributed by atoms with van der Waals surface area (Å²) in [6.07, 6.45) is 4.07. The van der Waals surface area contributed by atoms with E-state index in [0.717, 1.165) is 29.6 Å². The second-order valence-electron chi connectivity index (χ2n) is 7.47. The number of hydroxylamine groups is 1. The zero-order valence-electron chi connectivity index (χ0n) is 17.9. The fraction of sp³-hybridized carbons (Fsp3) is 0.348. The molecule has 0 atom stereocenters. The molecule has 31 heavy (non-hydrogen) atoms. The fourth-order valence-electron chi connectivity index (χ4n) is 3.51. The molecule has 8 heteroatoms. The van der Waals surface area contributed by atoms with Crippen LogP contribution in [0.3, 0.4) is 0 Å². The SMILES string of the molecule is CCONC(=O)c1cc(OC)cc(-c2cc3cnc(NC4CC4)cc3n(CC)c2=O)c1. The Morgan fingerprint density at radius 2 is 2.00 bits per heavy atom. The number of hydrogen-bond acceptors (Lipinski definition) is 6. The zero-order valence-corrected chi connectivity index (χ0v) is 17.9. The van der Waals surface area contributed by atoms with Crippen LogP contribution in [0.4, 0.5) is 5.82 Å². The van der Waals surface area contributed by atoms with Gasteiger partial charge in [-0.2, -0.15) is 0 Å². The van der Waals surface area contributed by atoms with E-state index in [9.17, 15) is 9.59 Å². The van der Waals surface area contributed by atoms with E-state index in [2.05, 4.69) is 15.8 Å². The van der Waals surface area contributed by atoms with Crippen LogP contribution in [0, 0.1) is 0 Å². The Balaban J connectivity index is 1.82. The number of amides is 1. The van der Waals surface area contributed by atoms with Crippen molar-refractivity contribution in [1.29, 1.82) is 0 Å². The number of methoxy groups -OCH3 is 1. The second-order valence-corrected chi connectivity index (χ2v) is 7.47. The van der Waals surface area contributed by atoms with Crippen LogP contribution in [-0.4, -0.2) is 35.2 Å². The summed E-state index contributed by atoms with van der Waals surface area (Å²) in [6, 6.07) is 9.23. The Kier molecular flexibility index (Phi) is 5.90. The number of pyridine rings is 2. The number of anilines is 1. The van der Waals surface area contributed by atoms with Crippen LogP contribution >= 0.6 is 0 Å². The van der Waals surface area contributed by atoms with E-state index in [-0.39, 0.29) is 5.56 Å². The van der Waals surface area contributed by atoms with Crippen molar-refractivity contribution in [3.63, 3.8) is 0 Å². The van der Waals surface area contributed by atoms with Gasteiger partial charge in [-0.05, 0) is 56.5 Å². The number of carbonyl (C=O) groups is 1. The van der Waals surface area contributed by atoms with E-state index < -0.39 is 5.91 Å². The average Bonchev–Trinajstić information content (AvgIpc) is 3.60. The van der Waals surface area contributed by atoms with Crippen molar-refractivity contribution in [2.45, 2.75) is 39.3 Å². The van der Waals surface area contributed by atoms with E-state index >= 15 is 0 Å². The zero-order chi connectivity index (χ0) is 22.0. The highest BCUT2D eigenvalue weighted by atomic mass is 16.6. The third-order valence-electron chi connectivity index (χ3n) is 5.25. The molecule has 1 saturated carbocycles. The molecule has 1 amide bonds. The van der Waals surface area contributed by atoms with Gasteiger partial charge in [-0.15, -0.1) is 0 Å². The lowest BCUT2D eigenvalue weighted by atomic mass is 10.0. The van der Waals surface area contributed by atoms with E-state index in [1.807, 2.05) is 19.1 Å². The maximum absolute atomic E-state index is 13.4. The predicted molar refractivity (Wildman–Crippen MR) is 119 cm³/mol. The van der Waals surface area contributed by atoms with Gasteiger partial charge in [-0.3, -0.25) is 14.4 Å². The third kappa shape index (κ3) is 4.39. The first-order valence-corrected chi connectivity index (χ1v) is 10.5. The van der Waals surface area contributed by atoms with Crippen LogP contribution < -0.4 is 21.1 Å². The van der Waals surface area contributed by atoms with Crippen molar-refractivity contribution in [3.05, 3.63) is 52.4 Å². The van der Waals surface area contributed by atoms with Crippen LogP contribution in [0.5, 0.6) is 5.75 Å². The Labute approximate surface area is 180 Å². The molecule has 2 N–H and O–H groups in total. The molecule has 1 fully saturated rings. The molecule has 4 rings (SSSR count). The monoisotopic (exact) mass is 422 g/mol. The predicted octanol–water partition coefficient (Wildman–Crippen LogP) is 3.35. The molecular weight excluding hydrogens is 396 g/mol. The first kappa shape index (κ1) is 20.9. The van der Waals surface area contributed by atoms with Crippen LogP contribution in [0.2, 0.25) is 0 Å². The number of aromatic nitrogens is 2. The largest absolute Gasteiger partial charge is 0.497 e. The number of carbonyl (C=O) groups excluding carboxylic acids is 1. The van der Waals surface area contributed by atoms with Gasteiger partial charge in [-0.1, -0.05) is 0 Å². The number of nitrogens with zero attached hydrogens (tertiary/aromatic N) is 2. The van der Waals surface area contributed by atoms with Gasteiger partial charge >= 0.3 is 0 Å². The number of ether oxygens (including phenoxy) is 1. The minimum Gasteiger partial charge on any atom is -0.497 e. The van der Waals surface area contributed by atoms with Crippen molar-refractivity contribution in [1.82, 2.24) is 15.0 Å². The number of fused-ring (bicyclic) bond motifs is 1. The lowest BCUT2D eigenvalue weighted by Crippen LogP contribution is -2.24. The molecule has 8 nitrogen and oxygen atoms in total. The standard InChI is InChI=1S/C23H26N4O4/c1-4-27-20-12-21(25-17-6-7-17)24-13-16(20)11-19(23(27)29)14-8-15(10-18(9-14)30-3)22(28)26-31-5-2/h8-13,17H,4-7H2,1-3H3,(H,24,25)(H,26,28). The normalized spacial score (nSPS) is 13.3. The summed E-state index contributed by atoms with van der Waals surface area (Å²) >= 11 is 0. The summed E-state index contributed by atoms with van der Waals surface area (Å²) in [5.74, 6) is 0.848. The number of nitrogens with one attached hydrogen (secondary N) is 2. The fourth-order valence-corrected chi connectivity index (χ4v) is 3.51. The molecule has 3 aromatic rings. The lowest BCUT2D eigenvalue weighted by molar-refractivity contribution is 0.0364. The van der Waals surface area contributed by atoms with Gasteiger partial charge in [-0.25, -0.2) is 10.5 Å². The molecule has 0 bridgehead atoms. The third-order valence-corrected chi connectivity index (χ3v) is 5.25. The number of benzene rings is 1. The molecule has 2 aromatic heterocycles. The molecule has 2 heterocycles.